The predicted molar refractivity (Wildman–Crippen MR) is 107 cm³/mol. The minimum atomic E-state index is -0.162. The number of carbonyl (C=O) groups is 1. The smallest absolute Gasteiger partial charge is 0.254 e. The van der Waals surface area contributed by atoms with E-state index < -0.39 is 0 Å². The van der Waals surface area contributed by atoms with Gasteiger partial charge in [-0.05, 0) is 31.5 Å². The number of nitrogens with zero attached hydrogens (tertiary/aromatic N) is 1. The summed E-state index contributed by atoms with van der Waals surface area (Å²) in [4.78, 5) is 14.8. The average molecular weight is 369 g/mol. The fourth-order valence-electron chi connectivity index (χ4n) is 3.07. The fourth-order valence-corrected chi connectivity index (χ4v) is 3.07. The molecular formula is C22H27NO4. The van der Waals surface area contributed by atoms with Crippen LogP contribution >= 0.6 is 0 Å². The second-order valence-electron chi connectivity index (χ2n) is 6.20. The summed E-state index contributed by atoms with van der Waals surface area (Å²) in [6.07, 6.45) is 2.35. The third-order valence-electron chi connectivity index (χ3n) is 4.66. The molecule has 0 aliphatic rings. The van der Waals surface area contributed by atoms with Crippen molar-refractivity contribution in [3.8, 4) is 17.2 Å². The van der Waals surface area contributed by atoms with Gasteiger partial charge in [0.05, 0.1) is 27.4 Å². The van der Waals surface area contributed by atoms with Gasteiger partial charge in [0, 0.05) is 23.7 Å². The molecule has 0 spiro atoms. The van der Waals surface area contributed by atoms with E-state index in [9.17, 15) is 4.79 Å². The molecule has 1 atom stereocenters. The summed E-state index contributed by atoms with van der Waals surface area (Å²) < 4.78 is 16.3. The van der Waals surface area contributed by atoms with Crippen LogP contribution in [0.2, 0.25) is 0 Å². The van der Waals surface area contributed by atoms with Crippen molar-refractivity contribution in [2.75, 3.05) is 28.4 Å². The first kappa shape index (κ1) is 20.4. The van der Waals surface area contributed by atoms with Gasteiger partial charge in [0.15, 0.2) is 11.5 Å². The van der Waals surface area contributed by atoms with E-state index >= 15 is 0 Å². The van der Waals surface area contributed by atoms with Gasteiger partial charge >= 0.3 is 0 Å². The average Bonchev–Trinajstić information content (AvgIpc) is 2.71. The number of hydrogen-bond acceptors (Lipinski definition) is 4. The van der Waals surface area contributed by atoms with Crippen LogP contribution in [0.25, 0.3) is 0 Å². The molecule has 5 heteroatoms. The second kappa shape index (κ2) is 9.12. The summed E-state index contributed by atoms with van der Waals surface area (Å²) in [6, 6.07) is 11.1. The van der Waals surface area contributed by atoms with Gasteiger partial charge in [-0.25, -0.2) is 0 Å². The van der Waals surface area contributed by atoms with Gasteiger partial charge in [0.1, 0.15) is 5.75 Å². The zero-order valence-electron chi connectivity index (χ0n) is 16.6. The lowest BCUT2D eigenvalue weighted by molar-refractivity contribution is 0.0740. The zero-order chi connectivity index (χ0) is 20.0. The normalized spacial score (nSPS) is 11.4. The van der Waals surface area contributed by atoms with E-state index in [0.29, 0.717) is 23.5 Å². The van der Waals surface area contributed by atoms with E-state index in [1.165, 1.54) is 0 Å². The van der Waals surface area contributed by atoms with Crippen molar-refractivity contribution in [1.29, 1.82) is 0 Å². The number of ether oxygens (including phenoxy) is 3. The molecule has 0 bridgehead atoms. The fraction of sp³-hybridized carbons (Fsp3) is 0.318. The molecule has 1 unspecified atom stereocenters. The van der Waals surface area contributed by atoms with Gasteiger partial charge in [-0.15, -0.1) is 6.58 Å². The van der Waals surface area contributed by atoms with Crippen LogP contribution in [0.4, 0.5) is 0 Å². The molecule has 0 fully saturated rings. The molecule has 0 aliphatic carbocycles. The summed E-state index contributed by atoms with van der Waals surface area (Å²) in [6.45, 7) is 5.75. The van der Waals surface area contributed by atoms with Gasteiger partial charge in [-0.2, -0.15) is 0 Å². The van der Waals surface area contributed by atoms with Crippen LogP contribution in [0.15, 0.2) is 49.1 Å². The molecule has 144 valence electrons. The van der Waals surface area contributed by atoms with E-state index in [2.05, 4.69) is 6.58 Å². The highest BCUT2D eigenvalue weighted by atomic mass is 16.5. The van der Waals surface area contributed by atoms with Crippen LogP contribution in [0, 0.1) is 0 Å². The first-order valence-corrected chi connectivity index (χ1v) is 8.74. The SMILES string of the molecule is C=CCc1cc(C(=O)N(C)C(C)c2ccccc2OC)cc(OC)c1OC. The molecule has 0 aromatic heterocycles. The second-order valence-corrected chi connectivity index (χ2v) is 6.20. The Morgan fingerprint density at radius 1 is 1.11 bits per heavy atom. The third-order valence-corrected chi connectivity index (χ3v) is 4.66. The third kappa shape index (κ3) is 4.25. The van der Waals surface area contributed by atoms with Gasteiger partial charge in [-0.1, -0.05) is 24.3 Å². The number of benzene rings is 2. The monoisotopic (exact) mass is 369 g/mol. The Hall–Kier alpha value is -2.95. The topological polar surface area (TPSA) is 48.0 Å². The first-order chi connectivity index (χ1) is 13.0. The van der Waals surface area contributed by atoms with Crippen molar-refractivity contribution in [2.45, 2.75) is 19.4 Å². The van der Waals surface area contributed by atoms with E-state index in [0.717, 1.165) is 16.9 Å². The lowest BCUT2D eigenvalue weighted by Gasteiger charge is -2.27. The maximum Gasteiger partial charge on any atom is 0.254 e. The number of allylic oxidation sites excluding steroid dienone is 1. The minimum absolute atomic E-state index is 0.111. The Kier molecular flexibility index (Phi) is 6.88. The van der Waals surface area contributed by atoms with Crippen LogP contribution in [-0.4, -0.2) is 39.2 Å². The summed E-state index contributed by atoms with van der Waals surface area (Å²) in [5.41, 5.74) is 2.34. The molecule has 0 radical (unpaired) electrons. The highest BCUT2D eigenvalue weighted by Gasteiger charge is 2.23. The van der Waals surface area contributed by atoms with Crippen LogP contribution in [0.1, 0.15) is 34.5 Å². The van der Waals surface area contributed by atoms with Crippen molar-refractivity contribution in [1.82, 2.24) is 4.90 Å². The van der Waals surface area contributed by atoms with E-state index in [4.69, 9.17) is 14.2 Å². The molecular weight excluding hydrogens is 342 g/mol. The molecule has 2 aromatic carbocycles. The van der Waals surface area contributed by atoms with Gasteiger partial charge < -0.3 is 19.1 Å². The lowest BCUT2D eigenvalue weighted by Crippen LogP contribution is -2.30. The highest BCUT2D eigenvalue weighted by Crippen LogP contribution is 2.35. The maximum atomic E-state index is 13.1. The Balaban J connectivity index is 2.41. The number of para-hydroxylation sites is 1. The number of amides is 1. The maximum absolute atomic E-state index is 13.1. The van der Waals surface area contributed by atoms with E-state index in [-0.39, 0.29) is 11.9 Å². The molecule has 0 heterocycles. The van der Waals surface area contributed by atoms with Crippen molar-refractivity contribution in [3.05, 3.63) is 65.7 Å². The van der Waals surface area contributed by atoms with Crippen LogP contribution in [0.5, 0.6) is 17.2 Å². The van der Waals surface area contributed by atoms with Gasteiger partial charge in [0.2, 0.25) is 0 Å². The predicted octanol–water partition coefficient (Wildman–Crippen LogP) is 4.27. The van der Waals surface area contributed by atoms with Crippen molar-refractivity contribution >= 4 is 5.91 Å². The molecule has 0 N–H and O–H groups in total. The Bertz CT molecular complexity index is 816. The first-order valence-electron chi connectivity index (χ1n) is 8.74. The Morgan fingerprint density at radius 2 is 1.78 bits per heavy atom. The molecule has 1 amide bonds. The highest BCUT2D eigenvalue weighted by molar-refractivity contribution is 5.95. The minimum Gasteiger partial charge on any atom is -0.496 e. The van der Waals surface area contributed by atoms with Gasteiger partial charge in [-0.3, -0.25) is 4.79 Å². The Morgan fingerprint density at radius 3 is 2.37 bits per heavy atom. The summed E-state index contributed by atoms with van der Waals surface area (Å²) in [7, 11) is 6.55. The number of carbonyl (C=O) groups excluding carboxylic acids is 1. The molecule has 2 rings (SSSR count). The molecule has 0 saturated carbocycles. The van der Waals surface area contributed by atoms with Crippen LogP contribution < -0.4 is 14.2 Å². The van der Waals surface area contributed by atoms with Crippen LogP contribution in [0.3, 0.4) is 0 Å². The Labute approximate surface area is 161 Å². The molecule has 2 aromatic rings. The number of hydrogen-bond donors (Lipinski definition) is 0. The van der Waals surface area contributed by atoms with E-state index in [1.807, 2.05) is 37.3 Å². The number of rotatable bonds is 8. The standard InChI is InChI=1S/C22H27NO4/c1-7-10-16-13-17(14-20(26-5)21(16)27-6)22(24)23(3)15(2)18-11-8-9-12-19(18)25-4/h7-9,11-15H,1,10H2,2-6H3. The molecule has 5 nitrogen and oxygen atoms in total. The van der Waals surface area contributed by atoms with Crippen molar-refractivity contribution in [2.24, 2.45) is 0 Å². The van der Waals surface area contributed by atoms with Crippen molar-refractivity contribution in [3.63, 3.8) is 0 Å². The lowest BCUT2D eigenvalue weighted by atomic mass is 10.0. The number of methoxy groups -OCH3 is 3. The van der Waals surface area contributed by atoms with Gasteiger partial charge in [0.25, 0.3) is 5.91 Å². The quantitative estimate of drug-likeness (QED) is 0.652. The van der Waals surface area contributed by atoms with Crippen molar-refractivity contribution < 1.29 is 19.0 Å². The van der Waals surface area contributed by atoms with Crippen LogP contribution in [-0.2, 0) is 6.42 Å². The summed E-state index contributed by atoms with van der Waals surface area (Å²) in [5.74, 6) is 1.79. The largest absolute Gasteiger partial charge is 0.496 e. The molecule has 0 saturated heterocycles. The van der Waals surface area contributed by atoms with E-state index in [1.54, 1.807) is 45.4 Å². The summed E-state index contributed by atoms with van der Waals surface area (Å²) in [5, 5.41) is 0. The zero-order valence-corrected chi connectivity index (χ0v) is 16.6. The molecule has 0 aliphatic heterocycles. The molecule has 27 heavy (non-hydrogen) atoms. The summed E-state index contributed by atoms with van der Waals surface area (Å²) >= 11 is 0.